The molecule has 0 radical (unpaired) electrons. The van der Waals surface area contributed by atoms with Crippen molar-refractivity contribution in [2.45, 2.75) is 52.9 Å². The summed E-state index contributed by atoms with van der Waals surface area (Å²) >= 11 is 0. The summed E-state index contributed by atoms with van der Waals surface area (Å²) in [6.07, 6.45) is 5.22. The van der Waals surface area contributed by atoms with Crippen LogP contribution < -0.4 is 5.32 Å². The quantitative estimate of drug-likeness (QED) is 0.758. The van der Waals surface area contributed by atoms with Gasteiger partial charge in [-0.25, -0.2) is 0 Å². The van der Waals surface area contributed by atoms with Crippen molar-refractivity contribution in [2.75, 3.05) is 19.8 Å². The van der Waals surface area contributed by atoms with Gasteiger partial charge in [-0.05, 0) is 27.2 Å². The van der Waals surface area contributed by atoms with Crippen LogP contribution in [0, 0.1) is 19.8 Å². The summed E-state index contributed by atoms with van der Waals surface area (Å²) in [5.41, 5.74) is 4.56. The molecule has 7 heteroatoms. The van der Waals surface area contributed by atoms with Crippen molar-refractivity contribution in [1.29, 1.82) is 0 Å². The minimum Gasteiger partial charge on any atom is -0.394 e. The molecule has 138 valence electrons. The second-order valence-electron chi connectivity index (χ2n) is 6.70. The van der Waals surface area contributed by atoms with Crippen molar-refractivity contribution in [1.82, 2.24) is 24.9 Å². The molecular weight excluding hydrogens is 318 g/mol. The second kappa shape index (κ2) is 8.12. The molecule has 0 saturated carbocycles. The van der Waals surface area contributed by atoms with Gasteiger partial charge >= 0.3 is 0 Å². The Morgan fingerprint density at radius 1 is 1.40 bits per heavy atom. The molecule has 2 aromatic rings. The first-order valence-electron chi connectivity index (χ1n) is 9.12. The van der Waals surface area contributed by atoms with Gasteiger partial charge in [0, 0.05) is 55.2 Å². The lowest BCUT2D eigenvalue weighted by molar-refractivity contribution is 0.0903. The predicted octanol–water partition coefficient (Wildman–Crippen LogP) is 1.58. The topological polar surface area (TPSA) is 77.1 Å². The van der Waals surface area contributed by atoms with Crippen LogP contribution in [0.4, 0.5) is 0 Å². The maximum absolute atomic E-state index is 9.12. The van der Waals surface area contributed by atoms with Gasteiger partial charge in [-0.1, -0.05) is 0 Å². The number of nitrogens with one attached hydrogen (secondary N) is 1. The number of hydrogen-bond acceptors (Lipinski definition) is 5. The zero-order valence-electron chi connectivity index (χ0n) is 15.4. The van der Waals surface area contributed by atoms with Crippen LogP contribution in [0.5, 0.6) is 0 Å². The molecule has 0 bridgehead atoms. The summed E-state index contributed by atoms with van der Waals surface area (Å²) < 4.78 is 9.79. The van der Waals surface area contributed by atoms with E-state index < -0.39 is 0 Å². The number of aliphatic hydroxyl groups excluding tert-OH is 1. The predicted molar refractivity (Wildman–Crippen MR) is 95.2 cm³/mol. The molecule has 2 N–H and O–H groups in total. The van der Waals surface area contributed by atoms with E-state index in [4.69, 9.17) is 9.84 Å². The summed E-state index contributed by atoms with van der Waals surface area (Å²) in [4.78, 5) is 0. The SMILES string of the molecule is CCn1cc([C@H]2OCC[C@H]2CNCc2c(C)nn(CCO)c2C)cn1. The molecule has 1 fully saturated rings. The van der Waals surface area contributed by atoms with Crippen LogP contribution in [-0.4, -0.2) is 44.4 Å². The molecule has 25 heavy (non-hydrogen) atoms. The number of aliphatic hydroxyl groups is 1. The molecule has 3 rings (SSSR count). The molecule has 0 amide bonds. The van der Waals surface area contributed by atoms with E-state index in [1.165, 1.54) is 11.1 Å². The molecule has 1 saturated heterocycles. The third kappa shape index (κ3) is 3.94. The highest BCUT2D eigenvalue weighted by Gasteiger charge is 2.30. The van der Waals surface area contributed by atoms with Crippen LogP contribution >= 0.6 is 0 Å². The average molecular weight is 347 g/mol. The van der Waals surface area contributed by atoms with Crippen molar-refractivity contribution in [3.8, 4) is 0 Å². The Morgan fingerprint density at radius 2 is 2.24 bits per heavy atom. The standard InChI is InChI=1S/C18H29N5O2/c1-4-22-12-16(10-20-22)18-15(5-8-25-18)9-19-11-17-13(2)21-23(6-7-24)14(17)3/h10,12,15,18-19,24H,4-9,11H2,1-3H3/t15-,18-/m0/s1. The van der Waals surface area contributed by atoms with Gasteiger partial charge < -0.3 is 15.2 Å². The van der Waals surface area contributed by atoms with Gasteiger partial charge in [-0.2, -0.15) is 10.2 Å². The van der Waals surface area contributed by atoms with Crippen LogP contribution in [0.15, 0.2) is 12.4 Å². The van der Waals surface area contributed by atoms with Crippen LogP contribution in [0.3, 0.4) is 0 Å². The van der Waals surface area contributed by atoms with Gasteiger partial charge in [0.25, 0.3) is 0 Å². The second-order valence-corrected chi connectivity index (χ2v) is 6.70. The molecule has 1 aliphatic heterocycles. The third-order valence-corrected chi connectivity index (χ3v) is 5.07. The number of nitrogens with zero attached hydrogens (tertiary/aromatic N) is 4. The maximum atomic E-state index is 9.12. The van der Waals surface area contributed by atoms with Gasteiger partial charge in [0.15, 0.2) is 0 Å². The van der Waals surface area contributed by atoms with Crippen molar-refractivity contribution in [3.05, 3.63) is 34.9 Å². The van der Waals surface area contributed by atoms with Crippen molar-refractivity contribution in [2.24, 2.45) is 5.92 Å². The highest BCUT2D eigenvalue weighted by molar-refractivity contribution is 5.24. The molecule has 0 aliphatic carbocycles. The number of ether oxygens (including phenoxy) is 1. The molecule has 3 heterocycles. The first kappa shape index (κ1) is 18.1. The number of rotatable bonds is 8. The Bertz CT molecular complexity index is 694. The Morgan fingerprint density at radius 3 is 2.96 bits per heavy atom. The van der Waals surface area contributed by atoms with Crippen LogP contribution in [0.2, 0.25) is 0 Å². The van der Waals surface area contributed by atoms with Crippen LogP contribution in [0.1, 0.15) is 42.0 Å². The van der Waals surface area contributed by atoms with Crippen LogP contribution in [0.25, 0.3) is 0 Å². The van der Waals surface area contributed by atoms with E-state index in [0.29, 0.717) is 12.5 Å². The fraction of sp³-hybridized carbons (Fsp3) is 0.667. The highest BCUT2D eigenvalue weighted by Crippen LogP contribution is 2.33. The fourth-order valence-electron chi connectivity index (χ4n) is 3.60. The van der Waals surface area contributed by atoms with E-state index >= 15 is 0 Å². The normalized spacial score (nSPS) is 20.5. The largest absolute Gasteiger partial charge is 0.394 e. The van der Waals surface area contributed by atoms with Gasteiger partial charge in [0.1, 0.15) is 0 Å². The van der Waals surface area contributed by atoms with E-state index in [1.54, 1.807) is 0 Å². The van der Waals surface area contributed by atoms with E-state index in [1.807, 2.05) is 22.5 Å². The lowest BCUT2D eigenvalue weighted by Crippen LogP contribution is -2.25. The maximum Gasteiger partial charge on any atom is 0.0896 e. The summed E-state index contributed by atoms with van der Waals surface area (Å²) in [6.45, 7) is 10.2. The average Bonchev–Trinajstić information content (AvgIpc) is 3.30. The lowest BCUT2D eigenvalue weighted by Gasteiger charge is -2.18. The first-order chi connectivity index (χ1) is 12.1. The Kier molecular flexibility index (Phi) is 5.88. The summed E-state index contributed by atoms with van der Waals surface area (Å²) in [7, 11) is 0. The van der Waals surface area contributed by atoms with Crippen molar-refractivity contribution >= 4 is 0 Å². The van der Waals surface area contributed by atoms with E-state index in [9.17, 15) is 0 Å². The molecule has 0 unspecified atom stereocenters. The Labute approximate surface area is 149 Å². The van der Waals surface area contributed by atoms with Gasteiger partial charge in [0.05, 0.1) is 31.1 Å². The molecular formula is C18H29N5O2. The number of hydrogen-bond donors (Lipinski definition) is 2. The lowest BCUT2D eigenvalue weighted by atomic mass is 9.97. The summed E-state index contributed by atoms with van der Waals surface area (Å²) in [6, 6.07) is 0. The molecule has 2 atom stereocenters. The Hall–Kier alpha value is -1.70. The van der Waals surface area contributed by atoms with E-state index in [2.05, 4.69) is 35.6 Å². The monoisotopic (exact) mass is 347 g/mol. The fourth-order valence-corrected chi connectivity index (χ4v) is 3.60. The number of aryl methyl sites for hydroxylation is 2. The van der Waals surface area contributed by atoms with E-state index in [0.717, 1.165) is 44.0 Å². The zero-order valence-corrected chi connectivity index (χ0v) is 15.4. The zero-order chi connectivity index (χ0) is 17.8. The first-order valence-corrected chi connectivity index (χ1v) is 9.12. The molecule has 7 nitrogen and oxygen atoms in total. The number of aromatic nitrogens is 4. The highest BCUT2D eigenvalue weighted by atomic mass is 16.5. The van der Waals surface area contributed by atoms with Crippen molar-refractivity contribution in [3.63, 3.8) is 0 Å². The third-order valence-electron chi connectivity index (χ3n) is 5.07. The van der Waals surface area contributed by atoms with E-state index in [-0.39, 0.29) is 12.7 Å². The van der Waals surface area contributed by atoms with Gasteiger partial charge in [0.2, 0.25) is 0 Å². The molecule has 2 aromatic heterocycles. The minimum absolute atomic E-state index is 0.112. The van der Waals surface area contributed by atoms with Crippen molar-refractivity contribution < 1.29 is 9.84 Å². The molecule has 1 aliphatic rings. The summed E-state index contributed by atoms with van der Waals surface area (Å²) in [5.74, 6) is 0.461. The van der Waals surface area contributed by atoms with Gasteiger partial charge in [-0.3, -0.25) is 9.36 Å². The minimum atomic E-state index is 0.112. The molecule has 0 spiro atoms. The van der Waals surface area contributed by atoms with Crippen LogP contribution in [-0.2, 0) is 24.4 Å². The van der Waals surface area contributed by atoms with Gasteiger partial charge in [-0.15, -0.1) is 0 Å². The molecule has 0 aromatic carbocycles. The summed E-state index contributed by atoms with van der Waals surface area (Å²) in [5, 5.41) is 21.6. The Balaban J connectivity index is 1.58. The smallest absolute Gasteiger partial charge is 0.0896 e.